The Balaban J connectivity index is 6.12. The van der Waals surface area contributed by atoms with Gasteiger partial charge in [-0.15, -0.1) is 0 Å². The van der Waals surface area contributed by atoms with Gasteiger partial charge in [0.15, 0.2) is 5.25 Å². The van der Waals surface area contributed by atoms with Gasteiger partial charge in [0.05, 0.1) is 32.5 Å². The van der Waals surface area contributed by atoms with E-state index in [0.29, 0.717) is 0 Å². The number of carbonyl (C=O) groups excluding carboxylic acids is 2. The van der Waals surface area contributed by atoms with Gasteiger partial charge in [-0.2, -0.15) is 132 Å². The van der Waals surface area contributed by atoms with Gasteiger partial charge >= 0.3 is 95.4 Å². The Kier molecular flexibility index (Phi) is 15.0. The van der Waals surface area contributed by atoms with Gasteiger partial charge in [0.2, 0.25) is 0 Å². The van der Waals surface area contributed by atoms with Crippen LogP contribution in [0, 0.1) is 0 Å². The average Bonchev–Trinajstić information content (AvgIpc) is 3.00. The minimum absolute atomic E-state index is 2.68. The first-order valence-corrected chi connectivity index (χ1v) is 15.0. The normalized spacial score (nSPS) is 16.4. The molecule has 0 saturated carbocycles. The summed E-state index contributed by atoms with van der Waals surface area (Å²) >= 11 is 0. The van der Waals surface area contributed by atoms with Crippen LogP contribution in [0.1, 0.15) is 19.3 Å². The highest BCUT2D eigenvalue weighted by Gasteiger charge is 2.94. The van der Waals surface area contributed by atoms with Crippen LogP contribution < -0.4 is 0 Å². The van der Waals surface area contributed by atoms with Crippen LogP contribution in [0.4, 0.5) is 132 Å². The summed E-state index contributed by atoms with van der Waals surface area (Å²) in [4.78, 5) is 23.4. The van der Waals surface area contributed by atoms with Crippen LogP contribution in [0.2, 0.25) is 0 Å². The standard InChI is InChI=1S/C22H12F30O7S/c23-9(24,11(27,28)13(31,32)15(35,36)17(39,40)19(43,44)21(47,48)49)1-3-58-7(53)5-6(60(55,56)57)8(54)59-4-2-10(25,26)12(29,30)14(33,34)16(37,38)18(41,42)20(45,46)22(50,51)52/h6H,1-5H2,(H,55,56,57)/p-1. The molecule has 0 aromatic carbocycles. The molecule has 0 N–H and O–H groups in total. The van der Waals surface area contributed by atoms with Crippen molar-refractivity contribution >= 4 is 22.1 Å². The molecular formula is C22H11F30O7S-. The van der Waals surface area contributed by atoms with E-state index in [9.17, 15) is 154 Å². The molecule has 0 aliphatic rings. The topological polar surface area (TPSA) is 110 Å². The molecule has 0 amide bonds. The second-order valence-electron chi connectivity index (χ2n) is 11.2. The van der Waals surface area contributed by atoms with E-state index in [0.717, 1.165) is 0 Å². The lowest BCUT2D eigenvalue weighted by molar-refractivity contribution is -0.452. The van der Waals surface area contributed by atoms with Crippen molar-refractivity contribution in [3.05, 3.63) is 0 Å². The fraction of sp³-hybridized carbons (Fsp3) is 0.909. The summed E-state index contributed by atoms with van der Waals surface area (Å²) in [6.45, 7) is -5.68. The maximum absolute atomic E-state index is 13.9. The van der Waals surface area contributed by atoms with Gasteiger partial charge in [-0.25, -0.2) is 8.42 Å². The molecule has 0 fully saturated rings. The van der Waals surface area contributed by atoms with Crippen molar-refractivity contribution in [1.82, 2.24) is 0 Å². The maximum atomic E-state index is 13.9. The number of rotatable bonds is 20. The van der Waals surface area contributed by atoms with Crippen molar-refractivity contribution < 1.29 is 164 Å². The zero-order valence-electron chi connectivity index (χ0n) is 26.7. The molecule has 0 radical (unpaired) electrons. The molecular weight excluding hydrogens is 978 g/mol. The summed E-state index contributed by atoms with van der Waals surface area (Å²) in [7, 11) is -6.68. The van der Waals surface area contributed by atoms with Crippen LogP contribution in [0.5, 0.6) is 0 Å². The molecule has 0 rings (SSSR count). The van der Waals surface area contributed by atoms with Crippen molar-refractivity contribution in [1.29, 1.82) is 0 Å². The van der Waals surface area contributed by atoms with Crippen LogP contribution in [-0.2, 0) is 29.2 Å². The van der Waals surface area contributed by atoms with E-state index in [2.05, 4.69) is 9.47 Å². The number of carbonyl (C=O) groups is 2. The molecule has 0 saturated heterocycles. The van der Waals surface area contributed by atoms with Gasteiger partial charge in [-0.3, -0.25) is 9.59 Å². The molecule has 1 atom stereocenters. The van der Waals surface area contributed by atoms with Crippen LogP contribution in [-0.4, -0.2) is 127 Å². The Morgan fingerprint density at radius 3 is 0.883 bits per heavy atom. The monoisotopic (exact) mass is 989 g/mol. The average molecular weight is 989 g/mol. The quantitative estimate of drug-likeness (QED) is 0.0682. The first-order valence-electron chi connectivity index (χ1n) is 13.6. The molecule has 358 valence electrons. The highest BCUT2D eigenvalue weighted by atomic mass is 32.2. The molecule has 0 aliphatic carbocycles. The second-order valence-corrected chi connectivity index (χ2v) is 12.8. The van der Waals surface area contributed by atoms with Crippen LogP contribution >= 0.6 is 0 Å². The molecule has 7 nitrogen and oxygen atoms in total. The number of alkyl halides is 30. The summed E-state index contributed by atoms with van der Waals surface area (Å²) in [5.41, 5.74) is 0. The van der Waals surface area contributed by atoms with Crippen LogP contribution in [0.15, 0.2) is 0 Å². The van der Waals surface area contributed by atoms with E-state index >= 15 is 0 Å². The summed E-state index contributed by atoms with van der Waals surface area (Å²) in [6.07, 6.45) is -25.6. The molecule has 0 aromatic heterocycles. The minimum atomic E-state index is -8.79. The lowest BCUT2D eigenvalue weighted by Crippen LogP contribution is -2.72. The first-order chi connectivity index (χ1) is 25.6. The van der Waals surface area contributed by atoms with Gasteiger partial charge in [-0.1, -0.05) is 0 Å². The SMILES string of the molecule is O=C(CC(C(=O)OCCC(F)(F)C(F)(F)C(F)(F)C(F)(F)C(F)(F)C(F)(F)C(F)(F)F)S(=O)(=O)[O-])OCCC(F)(F)C(F)(F)C(F)(F)C(F)(F)C(F)(F)C(F)(F)C(F)(F)F. The summed E-state index contributed by atoms with van der Waals surface area (Å²) in [5, 5.41) is -3.98. The number of esters is 2. The Labute approximate surface area is 308 Å². The van der Waals surface area contributed by atoms with E-state index in [1.807, 2.05) is 0 Å². The lowest BCUT2D eigenvalue weighted by atomic mass is 9.90. The summed E-state index contributed by atoms with van der Waals surface area (Å²) in [5.74, 6) is -106. The molecule has 0 aliphatic heterocycles. The third kappa shape index (κ3) is 8.98. The van der Waals surface area contributed by atoms with Gasteiger partial charge in [-0.05, 0) is 0 Å². The second kappa shape index (κ2) is 15.8. The van der Waals surface area contributed by atoms with Crippen molar-refractivity contribution in [2.24, 2.45) is 0 Å². The van der Waals surface area contributed by atoms with Crippen molar-refractivity contribution in [3.63, 3.8) is 0 Å². The predicted octanol–water partition coefficient (Wildman–Crippen LogP) is 8.91. The van der Waals surface area contributed by atoms with E-state index in [4.69, 9.17) is 0 Å². The molecule has 0 heterocycles. The highest BCUT2D eigenvalue weighted by Crippen LogP contribution is 2.64. The zero-order valence-corrected chi connectivity index (χ0v) is 27.5. The van der Waals surface area contributed by atoms with E-state index in [1.54, 1.807) is 0 Å². The van der Waals surface area contributed by atoms with Crippen molar-refractivity contribution in [3.8, 4) is 0 Å². The number of hydrogen-bond acceptors (Lipinski definition) is 7. The van der Waals surface area contributed by atoms with Crippen molar-refractivity contribution in [2.45, 2.75) is 108 Å². The van der Waals surface area contributed by atoms with Gasteiger partial charge < -0.3 is 14.0 Å². The highest BCUT2D eigenvalue weighted by molar-refractivity contribution is 7.87. The van der Waals surface area contributed by atoms with Gasteiger partial charge in [0, 0.05) is 0 Å². The lowest BCUT2D eigenvalue weighted by Gasteiger charge is -2.41. The largest absolute Gasteiger partial charge is 0.747 e. The van der Waals surface area contributed by atoms with Crippen LogP contribution in [0.25, 0.3) is 0 Å². The summed E-state index contributed by atoms with van der Waals surface area (Å²) < 4.78 is 437. The third-order valence-electron chi connectivity index (χ3n) is 7.09. The summed E-state index contributed by atoms with van der Waals surface area (Å²) in [6, 6.07) is 0. The molecule has 0 spiro atoms. The van der Waals surface area contributed by atoms with E-state index < -0.39 is 143 Å². The molecule has 60 heavy (non-hydrogen) atoms. The van der Waals surface area contributed by atoms with Crippen molar-refractivity contribution in [2.75, 3.05) is 13.2 Å². The van der Waals surface area contributed by atoms with Gasteiger partial charge in [0.1, 0.15) is 10.1 Å². The molecule has 0 aromatic rings. The fourth-order valence-corrected chi connectivity index (χ4v) is 4.14. The number of ether oxygens (including phenoxy) is 2. The predicted molar refractivity (Wildman–Crippen MR) is 121 cm³/mol. The smallest absolute Gasteiger partial charge is 0.460 e. The first kappa shape index (κ1) is 56.8. The molecule has 1 unspecified atom stereocenters. The zero-order chi connectivity index (χ0) is 49.2. The Bertz CT molecular complexity index is 1660. The fourth-order valence-electron chi connectivity index (χ4n) is 3.49. The molecule has 38 heteroatoms. The van der Waals surface area contributed by atoms with Gasteiger partial charge in [0.25, 0.3) is 0 Å². The number of halogens is 30. The Hall–Kier alpha value is -3.25. The Morgan fingerprint density at radius 2 is 0.633 bits per heavy atom. The maximum Gasteiger partial charge on any atom is 0.460 e. The van der Waals surface area contributed by atoms with E-state index in [-0.39, 0.29) is 0 Å². The third-order valence-corrected chi connectivity index (χ3v) is 8.14. The Morgan fingerprint density at radius 1 is 0.400 bits per heavy atom. The van der Waals surface area contributed by atoms with Crippen LogP contribution in [0.3, 0.4) is 0 Å². The number of hydrogen-bond donors (Lipinski definition) is 0. The van der Waals surface area contributed by atoms with E-state index in [1.165, 1.54) is 0 Å². The minimum Gasteiger partial charge on any atom is -0.747 e. The molecule has 0 bridgehead atoms.